The molecule has 33 heavy (non-hydrogen) atoms. The van der Waals surface area contributed by atoms with E-state index in [1.54, 1.807) is 6.92 Å². The van der Waals surface area contributed by atoms with E-state index in [4.69, 9.17) is 9.47 Å². The highest BCUT2D eigenvalue weighted by Crippen LogP contribution is 2.44. The number of rotatable bonds is 10. The minimum atomic E-state index is -1.23. The number of nitrogens with one attached hydrogen (secondary N) is 2. The number of carbonyl (C=O) groups is 3. The van der Waals surface area contributed by atoms with Crippen LogP contribution in [0.1, 0.15) is 43.7 Å². The number of benzene rings is 2. The minimum absolute atomic E-state index is 0.0967. The van der Waals surface area contributed by atoms with Crippen LogP contribution in [-0.4, -0.2) is 55.0 Å². The van der Waals surface area contributed by atoms with Crippen molar-refractivity contribution in [3.8, 4) is 11.1 Å². The summed E-state index contributed by atoms with van der Waals surface area (Å²) < 4.78 is 10.6. The summed E-state index contributed by atoms with van der Waals surface area (Å²) in [5.74, 6) is -1.91. The average molecular weight is 455 g/mol. The molecular weight excluding hydrogens is 424 g/mol. The molecule has 176 valence electrons. The third kappa shape index (κ3) is 5.51. The summed E-state index contributed by atoms with van der Waals surface area (Å²) in [6.07, 6.45) is -0.511. The van der Waals surface area contributed by atoms with Gasteiger partial charge in [-0.2, -0.15) is 0 Å². The maximum atomic E-state index is 12.7. The van der Waals surface area contributed by atoms with Gasteiger partial charge in [0.1, 0.15) is 12.6 Å². The predicted octanol–water partition coefficient (Wildman–Crippen LogP) is 3.30. The minimum Gasteiger partial charge on any atom is -0.480 e. The lowest BCUT2D eigenvalue weighted by atomic mass is 9.98. The van der Waals surface area contributed by atoms with E-state index in [0.29, 0.717) is 12.8 Å². The monoisotopic (exact) mass is 454 g/mol. The van der Waals surface area contributed by atoms with Crippen molar-refractivity contribution in [1.82, 2.24) is 10.6 Å². The van der Waals surface area contributed by atoms with Gasteiger partial charge in [0, 0.05) is 13.0 Å². The number of methoxy groups -OCH3 is 1. The number of hydrogen-bond acceptors (Lipinski definition) is 5. The van der Waals surface area contributed by atoms with E-state index >= 15 is 0 Å². The summed E-state index contributed by atoms with van der Waals surface area (Å²) in [5.41, 5.74) is 4.43. The molecule has 3 atom stereocenters. The molecule has 0 bridgehead atoms. The Kier molecular flexibility index (Phi) is 8.06. The quantitative estimate of drug-likeness (QED) is 0.508. The molecule has 3 N–H and O–H groups in total. The van der Waals surface area contributed by atoms with Crippen LogP contribution in [0.2, 0.25) is 0 Å². The molecule has 8 heteroatoms. The van der Waals surface area contributed by atoms with E-state index in [1.165, 1.54) is 7.11 Å². The summed E-state index contributed by atoms with van der Waals surface area (Å²) in [4.78, 5) is 36.7. The van der Waals surface area contributed by atoms with Crippen molar-refractivity contribution in [3.05, 3.63) is 59.7 Å². The zero-order valence-corrected chi connectivity index (χ0v) is 19.0. The number of alkyl carbamates (subject to hydrolysis) is 1. The van der Waals surface area contributed by atoms with Crippen LogP contribution in [-0.2, 0) is 19.1 Å². The number of hydrogen-bond donors (Lipinski definition) is 3. The van der Waals surface area contributed by atoms with Crippen LogP contribution in [0.15, 0.2) is 48.5 Å². The third-order valence-corrected chi connectivity index (χ3v) is 5.93. The van der Waals surface area contributed by atoms with E-state index in [1.807, 2.05) is 43.3 Å². The molecule has 3 unspecified atom stereocenters. The first-order chi connectivity index (χ1) is 15.9. The fourth-order valence-corrected chi connectivity index (χ4v) is 4.11. The third-order valence-electron chi connectivity index (χ3n) is 5.93. The van der Waals surface area contributed by atoms with Crippen molar-refractivity contribution >= 4 is 18.0 Å². The number of aliphatic carboxylic acids is 1. The molecule has 8 nitrogen and oxygen atoms in total. The highest BCUT2D eigenvalue weighted by atomic mass is 16.5. The van der Waals surface area contributed by atoms with Crippen molar-refractivity contribution in [2.24, 2.45) is 0 Å². The van der Waals surface area contributed by atoms with Gasteiger partial charge in [0.2, 0.25) is 5.91 Å². The first-order valence-electron chi connectivity index (χ1n) is 11.0. The summed E-state index contributed by atoms with van der Waals surface area (Å²) in [5, 5.41) is 14.4. The first kappa shape index (κ1) is 24.3. The van der Waals surface area contributed by atoms with Gasteiger partial charge < -0.3 is 25.2 Å². The normalized spacial score (nSPS) is 15.0. The second-order valence-electron chi connectivity index (χ2n) is 8.08. The molecule has 0 heterocycles. The molecule has 0 saturated heterocycles. The topological polar surface area (TPSA) is 114 Å². The number of carboxylic acid groups (broad SMARTS) is 1. The zero-order chi connectivity index (χ0) is 24.0. The Morgan fingerprint density at radius 1 is 1.00 bits per heavy atom. The molecule has 0 aliphatic heterocycles. The zero-order valence-electron chi connectivity index (χ0n) is 19.0. The molecule has 0 fully saturated rings. The van der Waals surface area contributed by atoms with Gasteiger partial charge in [-0.3, -0.25) is 4.79 Å². The van der Waals surface area contributed by atoms with Gasteiger partial charge in [-0.1, -0.05) is 61.9 Å². The van der Waals surface area contributed by atoms with Crippen molar-refractivity contribution < 1.29 is 29.0 Å². The van der Waals surface area contributed by atoms with Gasteiger partial charge in [0.15, 0.2) is 6.04 Å². The Morgan fingerprint density at radius 3 is 2.09 bits per heavy atom. The molecule has 0 saturated carbocycles. The number of ether oxygens (including phenoxy) is 2. The van der Waals surface area contributed by atoms with E-state index < -0.39 is 36.2 Å². The molecule has 0 spiro atoms. The Morgan fingerprint density at radius 2 is 1.58 bits per heavy atom. The predicted molar refractivity (Wildman–Crippen MR) is 123 cm³/mol. The summed E-state index contributed by atoms with van der Waals surface area (Å²) in [6.45, 7) is 3.54. The van der Waals surface area contributed by atoms with Crippen molar-refractivity contribution in [2.75, 3.05) is 13.7 Å². The highest BCUT2D eigenvalue weighted by molar-refractivity contribution is 5.89. The van der Waals surface area contributed by atoms with Gasteiger partial charge in [-0.15, -0.1) is 0 Å². The lowest BCUT2D eigenvalue weighted by Gasteiger charge is -2.24. The van der Waals surface area contributed by atoms with E-state index in [2.05, 4.69) is 22.8 Å². The number of carbonyl (C=O) groups excluding carboxylic acids is 2. The Hall–Kier alpha value is -3.39. The number of carboxylic acids is 1. The fourth-order valence-electron chi connectivity index (χ4n) is 4.11. The van der Waals surface area contributed by atoms with Crippen molar-refractivity contribution in [1.29, 1.82) is 0 Å². The molecule has 2 aromatic rings. The van der Waals surface area contributed by atoms with E-state index in [-0.39, 0.29) is 12.5 Å². The highest BCUT2D eigenvalue weighted by Gasteiger charge is 2.32. The van der Waals surface area contributed by atoms with Crippen LogP contribution in [0.25, 0.3) is 11.1 Å². The fraction of sp³-hybridized carbons (Fsp3) is 0.400. The van der Waals surface area contributed by atoms with Gasteiger partial charge in [0.25, 0.3) is 0 Å². The van der Waals surface area contributed by atoms with Crippen molar-refractivity contribution in [3.63, 3.8) is 0 Å². The standard InChI is InChI=1S/C25H30N2O6/c1-4-9-21(23(28)27-22(24(29)30)15(2)32-3)26-25(31)33-14-20-18-12-7-5-10-16(18)17-11-6-8-13-19(17)20/h5-8,10-13,15,20-22H,4,9,14H2,1-3H3,(H,26,31)(H,27,28)(H,29,30). The smallest absolute Gasteiger partial charge is 0.407 e. The van der Waals surface area contributed by atoms with Crippen molar-refractivity contribution in [2.45, 2.75) is 50.8 Å². The van der Waals surface area contributed by atoms with E-state index in [9.17, 15) is 19.5 Å². The largest absolute Gasteiger partial charge is 0.480 e. The maximum absolute atomic E-state index is 12.7. The van der Waals surface area contributed by atoms with Gasteiger partial charge in [0.05, 0.1) is 6.10 Å². The second-order valence-corrected chi connectivity index (χ2v) is 8.08. The van der Waals surface area contributed by atoms with Gasteiger partial charge in [-0.05, 0) is 35.6 Å². The van der Waals surface area contributed by atoms with Crippen LogP contribution in [0.5, 0.6) is 0 Å². The van der Waals surface area contributed by atoms with Crippen LogP contribution in [0.4, 0.5) is 4.79 Å². The van der Waals surface area contributed by atoms with Crippen LogP contribution in [0.3, 0.4) is 0 Å². The van der Waals surface area contributed by atoms with Crippen LogP contribution in [0, 0.1) is 0 Å². The maximum Gasteiger partial charge on any atom is 0.407 e. The molecule has 0 radical (unpaired) electrons. The van der Waals surface area contributed by atoms with Crippen LogP contribution < -0.4 is 10.6 Å². The Labute approximate surface area is 193 Å². The molecule has 3 rings (SSSR count). The second kappa shape index (κ2) is 11.0. The molecular formula is C25H30N2O6. The summed E-state index contributed by atoms with van der Waals surface area (Å²) >= 11 is 0. The lowest BCUT2D eigenvalue weighted by Crippen LogP contribution is -2.55. The molecule has 1 aliphatic rings. The molecule has 0 aromatic heterocycles. The SMILES string of the molecule is CCCC(NC(=O)OCC1c2ccccc2-c2ccccc21)C(=O)NC(C(=O)O)C(C)OC. The molecule has 1 aliphatic carbocycles. The average Bonchev–Trinajstić information content (AvgIpc) is 3.13. The van der Waals surface area contributed by atoms with Gasteiger partial charge >= 0.3 is 12.1 Å². The number of fused-ring (bicyclic) bond motifs is 3. The van der Waals surface area contributed by atoms with Crippen LogP contribution >= 0.6 is 0 Å². The molecule has 2 amide bonds. The summed E-state index contributed by atoms with van der Waals surface area (Å²) in [7, 11) is 1.37. The first-order valence-corrected chi connectivity index (χ1v) is 11.0. The summed E-state index contributed by atoms with van der Waals surface area (Å²) in [6, 6.07) is 13.9. The Balaban J connectivity index is 1.65. The molecule has 2 aromatic carbocycles. The van der Waals surface area contributed by atoms with E-state index in [0.717, 1.165) is 22.3 Å². The van der Waals surface area contributed by atoms with Gasteiger partial charge in [-0.25, -0.2) is 9.59 Å². The Bertz CT molecular complexity index is 962. The lowest BCUT2D eigenvalue weighted by molar-refractivity contribution is -0.145. The number of amides is 2.